The van der Waals surface area contributed by atoms with Crippen LogP contribution in [0.3, 0.4) is 0 Å². The molecule has 2 aromatic heterocycles. The first-order chi connectivity index (χ1) is 11.6. The lowest BCUT2D eigenvalue weighted by molar-refractivity contribution is 0.102. The van der Waals surface area contributed by atoms with E-state index in [4.69, 9.17) is 0 Å². The number of nitrogens with zero attached hydrogens (tertiary/aromatic N) is 5. The van der Waals surface area contributed by atoms with Crippen molar-refractivity contribution in [2.75, 3.05) is 5.32 Å². The van der Waals surface area contributed by atoms with E-state index in [0.717, 1.165) is 11.3 Å². The molecule has 1 aromatic carbocycles. The highest BCUT2D eigenvalue weighted by molar-refractivity contribution is 6.03. The smallest absolute Gasteiger partial charge is 0.261 e. The molecular formula is C16H17FN6O. The average Bonchev–Trinajstić information content (AvgIpc) is 3.16. The molecule has 0 saturated heterocycles. The number of aromatic nitrogens is 5. The van der Waals surface area contributed by atoms with E-state index >= 15 is 0 Å². The van der Waals surface area contributed by atoms with Gasteiger partial charge in [-0.15, -0.1) is 5.10 Å². The van der Waals surface area contributed by atoms with Crippen LogP contribution in [0.2, 0.25) is 0 Å². The Morgan fingerprint density at radius 3 is 2.71 bits per heavy atom. The average molecular weight is 328 g/mol. The van der Waals surface area contributed by atoms with Crippen LogP contribution >= 0.6 is 0 Å². The summed E-state index contributed by atoms with van der Waals surface area (Å²) in [6.07, 6.45) is 3.05. The molecule has 0 aliphatic carbocycles. The lowest BCUT2D eigenvalue weighted by Crippen LogP contribution is -2.14. The minimum atomic E-state index is -0.299. The molecule has 0 fully saturated rings. The Hall–Kier alpha value is -3.03. The zero-order valence-electron chi connectivity index (χ0n) is 13.4. The second kappa shape index (κ2) is 6.61. The Labute approximate surface area is 138 Å². The number of carbonyl (C=O) groups excluding carboxylic acids is 1. The standard InChI is InChI=1S/C16H17FN6O/c1-3-23-11(2)14(8-19-23)15(24)20-16-18-10-22(21-16)9-12-4-6-13(17)7-5-12/h4-8,10H,3,9H2,1-2H3,(H,20,21,24). The van der Waals surface area contributed by atoms with Crippen molar-refractivity contribution in [3.05, 3.63) is 59.4 Å². The van der Waals surface area contributed by atoms with Crippen molar-refractivity contribution in [1.29, 1.82) is 0 Å². The van der Waals surface area contributed by atoms with Gasteiger partial charge in [0.25, 0.3) is 5.91 Å². The normalized spacial score (nSPS) is 10.8. The van der Waals surface area contributed by atoms with Crippen molar-refractivity contribution in [3.63, 3.8) is 0 Å². The van der Waals surface area contributed by atoms with Gasteiger partial charge in [0.15, 0.2) is 0 Å². The van der Waals surface area contributed by atoms with Crippen molar-refractivity contribution in [2.45, 2.75) is 26.9 Å². The largest absolute Gasteiger partial charge is 0.289 e. The van der Waals surface area contributed by atoms with E-state index in [-0.39, 0.29) is 17.7 Å². The predicted octanol–water partition coefficient (Wildman–Crippen LogP) is 2.24. The highest BCUT2D eigenvalue weighted by Crippen LogP contribution is 2.10. The Kier molecular flexibility index (Phi) is 4.37. The van der Waals surface area contributed by atoms with Crippen molar-refractivity contribution in [2.24, 2.45) is 0 Å². The Morgan fingerprint density at radius 2 is 2.04 bits per heavy atom. The quantitative estimate of drug-likeness (QED) is 0.779. The van der Waals surface area contributed by atoms with Crippen LogP contribution in [0, 0.1) is 12.7 Å². The van der Waals surface area contributed by atoms with Crippen LogP contribution in [0.25, 0.3) is 0 Å². The van der Waals surface area contributed by atoms with Gasteiger partial charge in [-0.25, -0.2) is 14.1 Å². The van der Waals surface area contributed by atoms with Gasteiger partial charge in [0.05, 0.1) is 18.3 Å². The fraction of sp³-hybridized carbons (Fsp3) is 0.250. The fourth-order valence-electron chi connectivity index (χ4n) is 2.36. The minimum Gasteiger partial charge on any atom is -0.289 e. The van der Waals surface area contributed by atoms with Crippen LogP contribution < -0.4 is 5.32 Å². The summed E-state index contributed by atoms with van der Waals surface area (Å²) in [5, 5.41) is 11.0. The number of anilines is 1. The van der Waals surface area contributed by atoms with Crippen molar-refractivity contribution in [1.82, 2.24) is 24.5 Å². The topological polar surface area (TPSA) is 77.6 Å². The van der Waals surface area contributed by atoms with Gasteiger partial charge in [-0.05, 0) is 31.5 Å². The first kappa shape index (κ1) is 15.9. The summed E-state index contributed by atoms with van der Waals surface area (Å²) in [5.74, 6) is -0.370. The van der Waals surface area contributed by atoms with Gasteiger partial charge in [0.2, 0.25) is 5.95 Å². The molecule has 0 aliphatic heterocycles. The lowest BCUT2D eigenvalue weighted by Gasteiger charge is -2.02. The first-order valence-electron chi connectivity index (χ1n) is 7.54. The van der Waals surface area contributed by atoms with Crippen LogP contribution in [0.1, 0.15) is 28.5 Å². The molecule has 8 heteroatoms. The fourth-order valence-corrected chi connectivity index (χ4v) is 2.36. The van der Waals surface area contributed by atoms with Crippen molar-refractivity contribution < 1.29 is 9.18 Å². The van der Waals surface area contributed by atoms with Crippen molar-refractivity contribution in [3.8, 4) is 0 Å². The van der Waals surface area contributed by atoms with Gasteiger partial charge in [-0.1, -0.05) is 12.1 Å². The summed E-state index contributed by atoms with van der Waals surface area (Å²) in [6.45, 7) is 4.94. The molecule has 0 aliphatic rings. The van der Waals surface area contributed by atoms with Crippen LogP contribution in [-0.2, 0) is 13.1 Å². The third kappa shape index (κ3) is 3.32. The van der Waals surface area contributed by atoms with E-state index in [1.54, 1.807) is 21.5 Å². The lowest BCUT2D eigenvalue weighted by atomic mass is 10.2. The maximum atomic E-state index is 12.9. The maximum Gasteiger partial charge on any atom is 0.261 e. The monoisotopic (exact) mass is 328 g/mol. The molecule has 3 aromatic rings. The Bertz CT molecular complexity index is 852. The number of nitrogens with one attached hydrogen (secondary N) is 1. The number of rotatable bonds is 5. The van der Waals surface area contributed by atoms with Gasteiger partial charge in [0.1, 0.15) is 12.1 Å². The summed E-state index contributed by atoms with van der Waals surface area (Å²) >= 11 is 0. The van der Waals surface area contributed by atoms with Crippen molar-refractivity contribution >= 4 is 11.9 Å². The molecule has 0 saturated carbocycles. The van der Waals surface area contributed by atoms with Crippen LogP contribution in [0.5, 0.6) is 0 Å². The third-order valence-electron chi connectivity index (χ3n) is 3.67. The highest BCUT2D eigenvalue weighted by atomic mass is 19.1. The molecule has 1 N–H and O–H groups in total. The zero-order chi connectivity index (χ0) is 17.1. The van der Waals surface area contributed by atoms with Gasteiger partial charge in [-0.3, -0.25) is 14.8 Å². The summed E-state index contributed by atoms with van der Waals surface area (Å²) in [5.41, 5.74) is 2.17. The van der Waals surface area contributed by atoms with E-state index in [1.165, 1.54) is 24.7 Å². The number of hydrogen-bond acceptors (Lipinski definition) is 4. The van der Waals surface area contributed by atoms with E-state index in [0.29, 0.717) is 18.7 Å². The molecule has 24 heavy (non-hydrogen) atoms. The molecule has 0 bridgehead atoms. The van der Waals surface area contributed by atoms with Gasteiger partial charge in [-0.2, -0.15) is 5.10 Å². The maximum absolute atomic E-state index is 12.9. The summed E-state index contributed by atoms with van der Waals surface area (Å²) in [4.78, 5) is 16.3. The third-order valence-corrected chi connectivity index (χ3v) is 3.67. The van der Waals surface area contributed by atoms with E-state index < -0.39 is 0 Å². The minimum absolute atomic E-state index is 0.214. The highest BCUT2D eigenvalue weighted by Gasteiger charge is 2.15. The molecule has 1 amide bonds. The van der Waals surface area contributed by atoms with E-state index in [2.05, 4.69) is 20.5 Å². The SMILES string of the molecule is CCn1ncc(C(=O)Nc2ncn(Cc3ccc(F)cc3)n2)c1C. The Morgan fingerprint density at radius 1 is 1.29 bits per heavy atom. The van der Waals surface area contributed by atoms with Crippen LogP contribution in [0.15, 0.2) is 36.8 Å². The van der Waals surface area contributed by atoms with Crippen LogP contribution in [0.4, 0.5) is 10.3 Å². The van der Waals surface area contributed by atoms with Gasteiger partial charge in [0, 0.05) is 12.2 Å². The number of halogens is 1. The summed E-state index contributed by atoms with van der Waals surface area (Å²) < 4.78 is 16.2. The molecule has 0 spiro atoms. The molecule has 124 valence electrons. The van der Waals surface area contributed by atoms with E-state index in [1.807, 2.05) is 13.8 Å². The number of hydrogen-bond donors (Lipinski definition) is 1. The molecule has 0 unspecified atom stereocenters. The molecule has 2 heterocycles. The number of benzene rings is 1. The van der Waals surface area contributed by atoms with E-state index in [9.17, 15) is 9.18 Å². The number of carbonyl (C=O) groups is 1. The van der Waals surface area contributed by atoms with Gasteiger partial charge >= 0.3 is 0 Å². The Balaban J connectivity index is 1.68. The molecular weight excluding hydrogens is 311 g/mol. The number of aryl methyl sites for hydroxylation is 1. The molecule has 0 atom stereocenters. The first-order valence-corrected chi connectivity index (χ1v) is 7.54. The van der Waals surface area contributed by atoms with Crippen LogP contribution in [-0.4, -0.2) is 30.5 Å². The molecule has 0 radical (unpaired) electrons. The summed E-state index contributed by atoms with van der Waals surface area (Å²) in [7, 11) is 0. The predicted molar refractivity (Wildman–Crippen MR) is 86.1 cm³/mol. The number of amides is 1. The molecule has 7 nitrogen and oxygen atoms in total. The summed E-state index contributed by atoms with van der Waals surface area (Å²) in [6, 6.07) is 6.14. The zero-order valence-corrected chi connectivity index (χ0v) is 13.4. The van der Waals surface area contributed by atoms with Gasteiger partial charge < -0.3 is 0 Å². The second-order valence-corrected chi connectivity index (χ2v) is 5.31. The molecule has 3 rings (SSSR count). The second-order valence-electron chi connectivity index (χ2n) is 5.31.